The summed E-state index contributed by atoms with van der Waals surface area (Å²) in [5.74, 6) is 0. The molecule has 2 aromatic rings. The number of hydrogen-bond acceptors (Lipinski definition) is 4. The number of aromatic nitrogens is 3. The van der Waals surface area contributed by atoms with Crippen molar-refractivity contribution in [1.29, 1.82) is 0 Å². The van der Waals surface area contributed by atoms with Crippen molar-refractivity contribution in [3.8, 4) is 11.3 Å². The average Bonchev–Trinajstić information content (AvgIpc) is 2.29. The van der Waals surface area contributed by atoms with Crippen LogP contribution < -0.4 is 51.4 Å². The molecule has 0 aliphatic carbocycles. The second-order valence-electron chi connectivity index (χ2n) is 3.31. The molecule has 0 atom stereocenters. The van der Waals surface area contributed by atoms with Gasteiger partial charge in [0.25, 0.3) is 0 Å². The summed E-state index contributed by atoms with van der Waals surface area (Å²) in [7, 11) is 0. The maximum absolute atomic E-state index is 12.4. The topological polar surface area (TPSA) is 38.7 Å². The Labute approximate surface area is 159 Å². The van der Waals surface area contributed by atoms with E-state index in [9.17, 15) is 13.2 Å². The normalized spacial score (nSPS) is 10.9. The average molecular weight is 330 g/mol. The first-order valence-corrected chi connectivity index (χ1v) is 5.39. The minimum atomic E-state index is -4.48. The van der Waals surface area contributed by atoms with E-state index >= 15 is 0 Å². The Hall–Kier alpha value is 0.166. The summed E-state index contributed by atoms with van der Waals surface area (Å²) in [4.78, 5) is 11.2. The molecule has 2 rings (SSSR count). The van der Waals surface area contributed by atoms with Crippen molar-refractivity contribution in [2.75, 3.05) is 0 Å². The van der Waals surface area contributed by atoms with E-state index in [1.807, 2.05) is 0 Å². The predicted molar refractivity (Wildman–Crippen MR) is 61.7 cm³/mol. The van der Waals surface area contributed by atoms with E-state index in [0.717, 1.165) is 6.07 Å². The van der Waals surface area contributed by atoms with E-state index in [1.165, 1.54) is 12.4 Å². The third kappa shape index (κ3) is 4.32. The predicted octanol–water partition coefficient (Wildman–Crippen LogP) is 0.663. The summed E-state index contributed by atoms with van der Waals surface area (Å²) in [6, 6.07) is 0.811. The molecule has 0 unspecified atom stereocenters. The van der Waals surface area contributed by atoms with Gasteiger partial charge in [0.1, 0.15) is 0 Å². The van der Waals surface area contributed by atoms with Crippen molar-refractivity contribution < 1.29 is 64.6 Å². The fourth-order valence-corrected chi connectivity index (χ4v) is 1.62. The fraction of sp³-hybridized carbons (Fsp3) is 0.100. The van der Waals surface area contributed by atoms with Crippen LogP contribution in [0.2, 0.25) is 5.02 Å². The third-order valence-electron chi connectivity index (χ3n) is 2.07. The summed E-state index contributed by atoms with van der Waals surface area (Å²) in [5.41, 5.74) is -0.320. The Balaban J connectivity index is 0.00000180. The molecule has 0 saturated heterocycles. The van der Waals surface area contributed by atoms with Gasteiger partial charge in [0, 0.05) is 6.20 Å². The van der Waals surface area contributed by atoms with Gasteiger partial charge in [-0.2, -0.15) is 13.2 Å². The molecule has 2 aromatic heterocycles. The Morgan fingerprint density at radius 3 is 2.21 bits per heavy atom. The first-order chi connectivity index (χ1) is 8.38. The minimum absolute atomic E-state index is 0. The Kier molecular flexibility index (Phi) is 6.12. The summed E-state index contributed by atoms with van der Waals surface area (Å²) in [6.45, 7) is 0. The Morgan fingerprint density at radius 1 is 1.16 bits per heavy atom. The molecule has 0 aromatic carbocycles. The van der Waals surface area contributed by atoms with Crippen LogP contribution in [0.5, 0.6) is 0 Å². The molecular weight excluding hydrogens is 326 g/mol. The first kappa shape index (κ1) is 17.2. The number of hydrogen-bond donors (Lipinski definition) is 0. The van der Waals surface area contributed by atoms with Crippen LogP contribution >= 0.6 is 23.8 Å². The zero-order chi connectivity index (χ0) is 13.3. The van der Waals surface area contributed by atoms with E-state index in [4.69, 9.17) is 23.8 Å². The second kappa shape index (κ2) is 6.75. The zero-order valence-corrected chi connectivity index (χ0v) is 14.3. The van der Waals surface area contributed by atoms with Gasteiger partial charge < -0.3 is 0 Å². The molecule has 0 aliphatic heterocycles. The Bertz CT molecular complexity index is 624. The number of alkyl halides is 3. The molecule has 3 nitrogen and oxygen atoms in total. The van der Waals surface area contributed by atoms with Gasteiger partial charge in [0.2, 0.25) is 4.77 Å². The van der Waals surface area contributed by atoms with Gasteiger partial charge in [0.15, 0.2) is 0 Å². The van der Waals surface area contributed by atoms with E-state index in [0.29, 0.717) is 11.8 Å². The monoisotopic (exact) mass is 329 g/mol. The molecule has 94 valence electrons. The Morgan fingerprint density at radius 2 is 1.74 bits per heavy atom. The van der Waals surface area contributed by atoms with Crippen LogP contribution in [0.1, 0.15) is 5.56 Å². The quantitative estimate of drug-likeness (QED) is 0.438. The molecule has 0 bridgehead atoms. The van der Waals surface area contributed by atoms with Crippen molar-refractivity contribution in [3.05, 3.63) is 40.0 Å². The number of nitrogens with zero attached hydrogens (tertiary/aromatic N) is 3. The molecule has 2 heterocycles. The molecule has 0 saturated carbocycles. The molecule has 0 fully saturated rings. The van der Waals surface area contributed by atoms with E-state index in [1.54, 1.807) is 0 Å². The first-order valence-electron chi connectivity index (χ1n) is 4.60. The minimum Gasteiger partial charge on any atom is -0.292 e. The van der Waals surface area contributed by atoms with Gasteiger partial charge in [-0.05, 0) is 24.6 Å². The summed E-state index contributed by atoms with van der Waals surface area (Å²) in [5, 5.41) is -0.120. The van der Waals surface area contributed by atoms with Gasteiger partial charge in [0.05, 0.1) is 5.56 Å². The van der Waals surface area contributed by atoms with Crippen LogP contribution in [-0.2, 0) is 6.18 Å². The third-order valence-corrected chi connectivity index (χ3v) is 2.57. The van der Waals surface area contributed by atoms with Crippen LogP contribution in [0.15, 0.2) is 24.7 Å². The van der Waals surface area contributed by atoms with Gasteiger partial charge in [-0.1, -0.05) is 10.7 Å². The van der Waals surface area contributed by atoms with Gasteiger partial charge in [-0.15, -0.1) is 11.6 Å². The maximum Gasteiger partial charge on any atom is 1.00 e. The summed E-state index contributed by atoms with van der Waals surface area (Å²) in [6.07, 6.45) is -1.05. The van der Waals surface area contributed by atoms with E-state index in [-0.39, 0.29) is 66.9 Å². The number of halogens is 4. The van der Waals surface area contributed by atoms with Gasteiger partial charge in [-0.3, -0.25) is 4.98 Å². The van der Waals surface area contributed by atoms with Crippen LogP contribution in [0.3, 0.4) is 0 Å². The van der Waals surface area contributed by atoms with Crippen LogP contribution in [-0.4, -0.2) is 15.0 Å². The maximum atomic E-state index is 12.4. The van der Waals surface area contributed by atoms with E-state index in [2.05, 4.69) is 15.0 Å². The van der Waals surface area contributed by atoms with Crippen LogP contribution in [0, 0.1) is 4.77 Å². The SMILES string of the molecule is FC(F)(F)c1cnc(-[c-]2cnc(=S)nc2)c(Cl)c1.[K+]. The van der Waals surface area contributed by atoms with Gasteiger partial charge in [-0.25, -0.2) is 21.6 Å². The number of pyridine rings is 1. The summed E-state index contributed by atoms with van der Waals surface area (Å²) >= 11 is 10.5. The molecule has 0 radical (unpaired) electrons. The van der Waals surface area contributed by atoms with Crippen molar-refractivity contribution in [2.45, 2.75) is 6.18 Å². The number of rotatable bonds is 1. The molecule has 0 N–H and O–H groups in total. The molecule has 9 heteroatoms. The zero-order valence-electron chi connectivity index (χ0n) is 9.57. The smallest absolute Gasteiger partial charge is 0.292 e. The molecule has 0 spiro atoms. The van der Waals surface area contributed by atoms with Crippen LogP contribution in [0.4, 0.5) is 13.2 Å². The molecule has 0 amide bonds. The van der Waals surface area contributed by atoms with Gasteiger partial charge >= 0.3 is 57.6 Å². The standard InChI is InChI=1S/C10H4ClF3N3S.K/c11-7-1-6(10(12,13)14)4-15-8(7)5-2-16-9(18)17-3-5;/h1-4H;/q-1;+1. The molecule has 19 heavy (non-hydrogen) atoms. The van der Waals surface area contributed by atoms with Crippen molar-refractivity contribution in [3.63, 3.8) is 0 Å². The van der Waals surface area contributed by atoms with Crippen molar-refractivity contribution >= 4 is 23.8 Å². The van der Waals surface area contributed by atoms with Crippen molar-refractivity contribution in [2.24, 2.45) is 0 Å². The van der Waals surface area contributed by atoms with Crippen LogP contribution in [0.25, 0.3) is 11.3 Å². The second-order valence-corrected chi connectivity index (χ2v) is 4.08. The van der Waals surface area contributed by atoms with E-state index < -0.39 is 11.7 Å². The summed E-state index contributed by atoms with van der Waals surface area (Å²) < 4.78 is 37.4. The molecular formula is C10H4ClF3KN3S. The fourth-order valence-electron chi connectivity index (χ4n) is 1.24. The largest absolute Gasteiger partial charge is 1.00 e. The molecule has 0 aliphatic rings. The van der Waals surface area contributed by atoms with Crippen molar-refractivity contribution in [1.82, 2.24) is 15.0 Å².